The predicted octanol–water partition coefficient (Wildman–Crippen LogP) is 1.08. The van der Waals surface area contributed by atoms with E-state index in [1.54, 1.807) is 0 Å². The first kappa shape index (κ1) is 29.1. The van der Waals surface area contributed by atoms with Crippen LogP contribution in [0.3, 0.4) is 0 Å². The molecule has 222 valence electrons. The minimum absolute atomic E-state index is 0.370. The molecule has 2 aliphatic rings. The van der Waals surface area contributed by atoms with Gasteiger partial charge in [0.05, 0.1) is 0 Å². The van der Waals surface area contributed by atoms with Crippen molar-refractivity contribution in [2.24, 2.45) is 15.3 Å². The molecule has 41 heavy (non-hydrogen) atoms. The van der Waals surface area contributed by atoms with Crippen LogP contribution in [-0.2, 0) is 18.9 Å². The Morgan fingerprint density at radius 2 is 0.976 bits per heavy atom. The van der Waals surface area contributed by atoms with E-state index < -0.39 is 87.3 Å². The van der Waals surface area contributed by atoms with Crippen molar-refractivity contribution in [2.75, 3.05) is 26.4 Å². The van der Waals surface area contributed by atoms with Crippen LogP contribution in [0, 0.1) is 35.9 Å². The third-order valence-corrected chi connectivity index (χ3v) is 5.64. The standard InChI is InChI=1S/C16H20N12O13/c1-13(2)36-5-15(6-37-13,27(32)33)25(30)18-10-9(20-40-21-10)17-24(29)12-11(22-41-23-12)19-26(31)16(28(34)35)7-38-14(3,4)39-8-16/h5-8H2,1-4H3. The second-order valence-electron chi connectivity index (χ2n) is 9.38. The molecule has 0 unspecified atom stereocenters. The minimum Gasteiger partial charge on any atom is -0.690 e. The highest BCUT2D eigenvalue weighted by atomic mass is 16.7. The zero-order valence-electron chi connectivity index (χ0n) is 21.5. The van der Waals surface area contributed by atoms with E-state index in [1.165, 1.54) is 27.7 Å². The number of nitro groups is 2. The highest BCUT2D eigenvalue weighted by molar-refractivity contribution is 5.47. The summed E-state index contributed by atoms with van der Waals surface area (Å²) in [6.45, 7) is 2.95. The Balaban J connectivity index is 1.62. The summed E-state index contributed by atoms with van der Waals surface area (Å²) >= 11 is 0. The quantitative estimate of drug-likeness (QED) is 0.137. The number of aromatic nitrogens is 4. The monoisotopic (exact) mass is 588 g/mol. The highest BCUT2D eigenvalue weighted by Gasteiger charge is 2.61. The summed E-state index contributed by atoms with van der Waals surface area (Å²) in [4.78, 5) is 20.3. The van der Waals surface area contributed by atoms with E-state index in [0.29, 0.717) is 0 Å². The molecular formula is C16H20N12O13. The molecule has 2 aromatic rings. The zero-order chi connectivity index (χ0) is 30.2. The molecule has 4 heterocycles. The van der Waals surface area contributed by atoms with Crippen molar-refractivity contribution in [1.29, 1.82) is 0 Å². The maximum atomic E-state index is 12.7. The molecule has 0 spiro atoms. The first-order chi connectivity index (χ1) is 19.1. The molecule has 2 aliphatic heterocycles. The zero-order valence-corrected chi connectivity index (χ0v) is 21.5. The highest BCUT2D eigenvalue weighted by Crippen LogP contribution is 2.32. The summed E-state index contributed by atoms with van der Waals surface area (Å²) < 4.78 is 29.7. The van der Waals surface area contributed by atoms with Crippen molar-refractivity contribution in [3.05, 3.63) is 35.9 Å². The lowest BCUT2D eigenvalue weighted by molar-refractivity contribution is -0.825. The van der Waals surface area contributed by atoms with Crippen LogP contribution in [0.5, 0.6) is 0 Å². The average Bonchev–Trinajstić information content (AvgIpc) is 3.53. The van der Waals surface area contributed by atoms with E-state index in [1.807, 2.05) is 0 Å². The molecule has 2 saturated heterocycles. The van der Waals surface area contributed by atoms with Gasteiger partial charge in [0.1, 0.15) is 9.85 Å². The molecule has 4 rings (SSSR count). The Kier molecular flexibility index (Phi) is 7.29. The van der Waals surface area contributed by atoms with Crippen molar-refractivity contribution in [2.45, 2.75) is 50.6 Å². The van der Waals surface area contributed by atoms with E-state index in [0.717, 1.165) is 0 Å². The van der Waals surface area contributed by atoms with Gasteiger partial charge in [-0.2, -0.15) is 0 Å². The van der Waals surface area contributed by atoms with Crippen molar-refractivity contribution in [1.82, 2.24) is 20.6 Å². The first-order valence-corrected chi connectivity index (χ1v) is 11.2. The van der Waals surface area contributed by atoms with Gasteiger partial charge in [0.15, 0.2) is 43.2 Å². The van der Waals surface area contributed by atoms with Crippen molar-refractivity contribution in [3.63, 3.8) is 0 Å². The molecule has 2 fully saturated rings. The summed E-state index contributed by atoms with van der Waals surface area (Å²) in [6, 6.07) is 0. The van der Waals surface area contributed by atoms with Crippen LogP contribution in [0.25, 0.3) is 0 Å². The molecule has 25 heteroatoms. The smallest absolute Gasteiger partial charge is 0.484 e. The Labute approximate surface area is 225 Å². The summed E-state index contributed by atoms with van der Waals surface area (Å²) in [6.07, 6.45) is 0. The van der Waals surface area contributed by atoms with E-state index in [4.69, 9.17) is 18.9 Å². The van der Waals surface area contributed by atoms with Crippen LogP contribution in [0.15, 0.2) is 24.6 Å². The molecule has 0 atom stereocenters. The SMILES string of the molecule is CC1(C)OCC([N+](=O)[O-])([N+]([O-])=Nc2nonc2N=[N+]([O-])c2nonc2N=[N+]([O-])C2([N+](=O)[O-])COC(C)(C)OC2)CO1. The van der Waals surface area contributed by atoms with Gasteiger partial charge in [0.25, 0.3) is 5.82 Å². The van der Waals surface area contributed by atoms with Gasteiger partial charge in [-0.25, -0.2) is 4.63 Å². The van der Waals surface area contributed by atoms with Gasteiger partial charge in [-0.1, -0.05) is 5.11 Å². The average molecular weight is 588 g/mol. The number of hydrogen-bond acceptors (Lipinski definition) is 20. The number of hydroxylamine groups is 2. The number of hydrogen-bond donors (Lipinski definition) is 0. The summed E-state index contributed by atoms with van der Waals surface area (Å²) in [5.41, 5.74) is -5.08. The van der Waals surface area contributed by atoms with E-state index in [-0.39, 0.29) is 9.72 Å². The fraction of sp³-hybridized carbons (Fsp3) is 0.750. The van der Waals surface area contributed by atoms with E-state index in [2.05, 4.69) is 45.2 Å². The third-order valence-electron chi connectivity index (χ3n) is 5.64. The third kappa shape index (κ3) is 5.58. The van der Waals surface area contributed by atoms with Crippen molar-refractivity contribution in [3.8, 4) is 0 Å². The lowest BCUT2D eigenvalue weighted by Crippen LogP contribution is -2.60. The predicted molar refractivity (Wildman–Crippen MR) is 117 cm³/mol. The molecule has 0 bridgehead atoms. The van der Waals surface area contributed by atoms with Crippen LogP contribution in [0.2, 0.25) is 0 Å². The number of azo groups is 3. The van der Waals surface area contributed by atoms with Crippen molar-refractivity contribution < 1.29 is 52.6 Å². The normalized spacial score (nSPS) is 22.3. The number of ether oxygens (including phenoxy) is 4. The largest absolute Gasteiger partial charge is 0.690 e. The lowest BCUT2D eigenvalue weighted by Gasteiger charge is -2.34. The molecular weight excluding hydrogens is 568 g/mol. The molecule has 0 saturated carbocycles. The van der Waals surface area contributed by atoms with Crippen LogP contribution in [0.4, 0.5) is 23.3 Å². The molecule has 0 aromatic carbocycles. The van der Waals surface area contributed by atoms with Gasteiger partial charge in [-0.3, -0.25) is 20.2 Å². The molecule has 2 aromatic heterocycles. The fourth-order valence-corrected chi connectivity index (χ4v) is 3.06. The summed E-state index contributed by atoms with van der Waals surface area (Å²) in [5.74, 6) is -5.78. The number of nitrogens with zero attached hydrogens (tertiary/aromatic N) is 12. The first-order valence-electron chi connectivity index (χ1n) is 11.2. The van der Waals surface area contributed by atoms with Gasteiger partial charge in [-0.15, -0.1) is 9.49 Å². The van der Waals surface area contributed by atoms with E-state index in [9.17, 15) is 35.9 Å². The molecule has 0 amide bonds. The molecule has 25 nitrogen and oxygen atoms in total. The molecule has 0 aliphatic carbocycles. The summed E-state index contributed by atoms with van der Waals surface area (Å²) in [7, 11) is 0. The van der Waals surface area contributed by atoms with Crippen LogP contribution >= 0.6 is 0 Å². The molecule has 0 radical (unpaired) electrons. The number of rotatable bonds is 8. The van der Waals surface area contributed by atoms with E-state index >= 15 is 0 Å². The maximum absolute atomic E-state index is 12.7. The maximum Gasteiger partial charge on any atom is 0.484 e. The van der Waals surface area contributed by atoms with Crippen LogP contribution in [-0.4, -0.2) is 94.4 Å². The molecule has 0 N–H and O–H groups in total. The minimum atomic E-state index is -2.55. The topological polar surface area (TPSA) is 316 Å². The van der Waals surface area contributed by atoms with Gasteiger partial charge < -0.3 is 34.6 Å². The van der Waals surface area contributed by atoms with Crippen LogP contribution < -0.4 is 0 Å². The Morgan fingerprint density at radius 3 is 1.41 bits per heavy atom. The lowest BCUT2D eigenvalue weighted by atomic mass is 10.2. The fourth-order valence-electron chi connectivity index (χ4n) is 3.06. The van der Waals surface area contributed by atoms with Crippen molar-refractivity contribution >= 4 is 23.3 Å². The van der Waals surface area contributed by atoms with Crippen LogP contribution in [0.1, 0.15) is 27.7 Å². The van der Waals surface area contributed by atoms with Gasteiger partial charge in [0.2, 0.25) is 0 Å². The Morgan fingerprint density at radius 1 is 0.610 bits per heavy atom. The van der Waals surface area contributed by atoms with Gasteiger partial charge >= 0.3 is 28.8 Å². The summed E-state index contributed by atoms with van der Waals surface area (Å²) in [5, 5.41) is 84.6. The second kappa shape index (κ2) is 10.3. The Hall–Kier alpha value is -4.88. The Bertz CT molecular complexity index is 1410. The second-order valence-corrected chi connectivity index (χ2v) is 9.38. The van der Waals surface area contributed by atoms with Gasteiger partial charge in [0, 0.05) is 15.4 Å². The van der Waals surface area contributed by atoms with Gasteiger partial charge in [-0.05, 0) is 47.7 Å².